The maximum atomic E-state index is 11.3. The number of rotatable bonds is 7. The first-order valence-corrected chi connectivity index (χ1v) is 5.51. The molecular weight excluding hydrogens is 236 g/mol. The fraction of sp³-hybridized carbons (Fsp3) is 0.308. The SMILES string of the molecule is O=C(O)CCC(=O)CC(=O)OCc1ccccc1. The number of carboxylic acid groups (broad SMARTS) is 1. The Morgan fingerprint density at radius 2 is 1.72 bits per heavy atom. The zero-order valence-corrected chi connectivity index (χ0v) is 9.80. The summed E-state index contributed by atoms with van der Waals surface area (Å²) in [5.74, 6) is -2.11. The van der Waals surface area contributed by atoms with Gasteiger partial charge in [-0.3, -0.25) is 14.4 Å². The Bertz CT molecular complexity index is 424. The molecule has 0 radical (unpaired) electrons. The van der Waals surface area contributed by atoms with E-state index in [-0.39, 0.29) is 25.9 Å². The zero-order chi connectivity index (χ0) is 13.4. The van der Waals surface area contributed by atoms with Gasteiger partial charge in [-0.05, 0) is 5.56 Å². The Morgan fingerprint density at radius 1 is 1.06 bits per heavy atom. The first kappa shape index (κ1) is 13.9. The summed E-state index contributed by atoms with van der Waals surface area (Å²) in [5.41, 5.74) is 0.837. The maximum absolute atomic E-state index is 11.3. The molecule has 0 atom stereocenters. The molecular formula is C13H14O5. The van der Waals surface area contributed by atoms with Gasteiger partial charge in [0.15, 0.2) is 0 Å². The molecule has 1 rings (SSSR count). The van der Waals surface area contributed by atoms with Gasteiger partial charge in [0.05, 0.1) is 6.42 Å². The lowest BCUT2D eigenvalue weighted by Crippen LogP contribution is -2.12. The van der Waals surface area contributed by atoms with E-state index in [1.165, 1.54) is 0 Å². The summed E-state index contributed by atoms with van der Waals surface area (Å²) in [6.07, 6.45) is -0.777. The average molecular weight is 250 g/mol. The maximum Gasteiger partial charge on any atom is 0.313 e. The van der Waals surface area contributed by atoms with Crippen LogP contribution in [-0.4, -0.2) is 22.8 Å². The van der Waals surface area contributed by atoms with Crippen LogP contribution in [0.4, 0.5) is 0 Å². The molecule has 0 bridgehead atoms. The lowest BCUT2D eigenvalue weighted by molar-refractivity contribution is -0.148. The van der Waals surface area contributed by atoms with Gasteiger partial charge >= 0.3 is 11.9 Å². The van der Waals surface area contributed by atoms with E-state index in [2.05, 4.69) is 0 Å². The minimum atomic E-state index is -1.05. The van der Waals surface area contributed by atoms with Gasteiger partial charge in [0, 0.05) is 6.42 Å². The molecule has 0 amide bonds. The van der Waals surface area contributed by atoms with Crippen molar-refractivity contribution in [1.82, 2.24) is 0 Å². The van der Waals surface area contributed by atoms with E-state index in [1.807, 2.05) is 18.2 Å². The van der Waals surface area contributed by atoms with Crippen molar-refractivity contribution in [2.45, 2.75) is 25.9 Å². The predicted molar refractivity (Wildman–Crippen MR) is 62.7 cm³/mol. The fourth-order valence-corrected chi connectivity index (χ4v) is 1.28. The highest BCUT2D eigenvalue weighted by molar-refractivity contribution is 5.96. The molecule has 0 aliphatic carbocycles. The molecule has 0 aromatic heterocycles. The summed E-state index contributed by atoms with van der Waals surface area (Å²) >= 11 is 0. The van der Waals surface area contributed by atoms with E-state index in [0.29, 0.717) is 0 Å². The van der Waals surface area contributed by atoms with Crippen LogP contribution in [0, 0.1) is 0 Å². The summed E-state index contributed by atoms with van der Waals surface area (Å²) in [6, 6.07) is 9.10. The molecule has 0 spiro atoms. The van der Waals surface area contributed by atoms with Crippen LogP contribution in [0.2, 0.25) is 0 Å². The number of ketones is 1. The van der Waals surface area contributed by atoms with Crippen LogP contribution >= 0.6 is 0 Å². The highest BCUT2D eigenvalue weighted by Crippen LogP contribution is 2.03. The number of benzene rings is 1. The van der Waals surface area contributed by atoms with Crippen molar-refractivity contribution >= 4 is 17.7 Å². The normalized spacial score (nSPS) is 9.78. The number of hydrogen-bond acceptors (Lipinski definition) is 4. The zero-order valence-electron chi connectivity index (χ0n) is 9.80. The van der Waals surface area contributed by atoms with Gasteiger partial charge in [0.2, 0.25) is 0 Å². The molecule has 0 saturated heterocycles. The van der Waals surface area contributed by atoms with E-state index in [4.69, 9.17) is 9.84 Å². The van der Waals surface area contributed by atoms with Crippen molar-refractivity contribution < 1.29 is 24.2 Å². The standard InChI is InChI=1S/C13H14O5/c14-11(6-7-12(15)16)8-13(17)18-9-10-4-2-1-3-5-10/h1-5H,6-9H2,(H,15,16). The van der Waals surface area contributed by atoms with Crippen molar-refractivity contribution in [2.75, 3.05) is 0 Å². The third kappa shape index (κ3) is 5.79. The molecule has 0 heterocycles. The van der Waals surface area contributed by atoms with Crippen LogP contribution in [0.25, 0.3) is 0 Å². The molecule has 1 aromatic carbocycles. The number of aliphatic carboxylic acids is 1. The van der Waals surface area contributed by atoms with E-state index in [9.17, 15) is 14.4 Å². The lowest BCUT2D eigenvalue weighted by Gasteiger charge is -2.04. The predicted octanol–water partition coefficient (Wildman–Crippen LogP) is 1.55. The van der Waals surface area contributed by atoms with Crippen molar-refractivity contribution in [3.8, 4) is 0 Å². The summed E-state index contributed by atoms with van der Waals surface area (Å²) in [4.78, 5) is 32.7. The summed E-state index contributed by atoms with van der Waals surface area (Å²) in [7, 11) is 0. The minimum Gasteiger partial charge on any atom is -0.481 e. The molecule has 0 aliphatic heterocycles. The first-order chi connectivity index (χ1) is 8.58. The second kappa shape index (κ2) is 7.21. The van der Waals surface area contributed by atoms with E-state index >= 15 is 0 Å². The molecule has 0 aliphatic rings. The average Bonchev–Trinajstić information content (AvgIpc) is 2.35. The second-order valence-corrected chi connectivity index (χ2v) is 3.76. The fourth-order valence-electron chi connectivity index (χ4n) is 1.28. The van der Waals surface area contributed by atoms with Crippen LogP contribution in [0.3, 0.4) is 0 Å². The number of carboxylic acids is 1. The number of carbonyl (C=O) groups is 3. The van der Waals surface area contributed by atoms with Crippen LogP contribution in [0.15, 0.2) is 30.3 Å². The Kier molecular flexibility index (Phi) is 5.57. The van der Waals surface area contributed by atoms with Gasteiger partial charge in [-0.25, -0.2) is 0 Å². The van der Waals surface area contributed by atoms with Crippen LogP contribution < -0.4 is 0 Å². The second-order valence-electron chi connectivity index (χ2n) is 3.76. The van der Waals surface area contributed by atoms with Crippen molar-refractivity contribution in [3.05, 3.63) is 35.9 Å². The molecule has 1 N–H and O–H groups in total. The molecule has 1 aromatic rings. The minimum absolute atomic E-state index is 0.117. The summed E-state index contributed by atoms with van der Waals surface area (Å²) in [6.45, 7) is 0.117. The topological polar surface area (TPSA) is 80.7 Å². The number of ether oxygens (including phenoxy) is 1. The highest BCUT2D eigenvalue weighted by Gasteiger charge is 2.12. The van der Waals surface area contributed by atoms with E-state index in [0.717, 1.165) is 5.56 Å². The lowest BCUT2D eigenvalue weighted by atomic mass is 10.2. The van der Waals surface area contributed by atoms with Gasteiger partial charge in [-0.1, -0.05) is 30.3 Å². The van der Waals surface area contributed by atoms with E-state index < -0.39 is 17.7 Å². The van der Waals surface area contributed by atoms with Crippen LogP contribution in [0.5, 0.6) is 0 Å². The Hall–Kier alpha value is -2.17. The quantitative estimate of drug-likeness (QED) is 0.586. The molecule has 96 valence electrons. The molecule has 5 heteroatoms. The van der Waals surface area contributed by atoms with Gasteiger partial charge in [0.25, 0.3) is 0 Å². The molecule has 0 saturated carbocycles. The third-order valence-corrected chi connectivity index (χ3v) is 2.20. The number of Topliss-reactive ketones (excluding diaryl/α,β-unsaturated/α-hetero) is 1. The molecule has 18 heavy (non-hydrogen) atoms. The van der Waals surface area contributed by atoms with Crippen LogP contribution in [-0.2, 0) is 25.7 Å². The highest BCUT2D eigenvalue weighted by atomic mass is 16.5. The Morgan fingerprint density at radius 3 is 2.33 bits per heavy atom. The van der Waals surface area contributed by atoms with Crippen LogP contribution in [0.1, 0.15) is 24.8 Å². The number of carbonyl (C=O) groups excluding carboxylic acids is 2. The van der Waals surface area contributed by atoms with Crippen molar-refractivity contribution in [3.63, 3.8) is 0 Å². The van der Waals surface area contributed by atoms with Gasteiger partial charge in [-0.2, -0.15) is 0 Å². The van der Waals surface area contributed by atoms with Crippen molar-refractivity contribution in [2.24, 2.45) is 0 Å². The van der Waals surface area contributed by atoms with Crippen molar-refractivity contribution in [1.29, 1.82) is 0 Å². The molecule has 5 nitrogen and oxygen atoms in total. The Balaban J connectivity index is 2.25. The number of esters is 1. The largest absolute Gasteiger partial charge is 0.481 e. The molecule has 0 unspecified atom stereocenters. The monoisotopic (exact) mass is 250 g/mol. The smallest absolute Gasteiger partial charge is 0.313 e. The van der Waals surface area contributed by atoms with E-state index in [1.54, 1.807) is 12.1 Å². The van der Waals surface area contributed by atoms with Gasteiger partial charge in [0.1, 0.15) is 18.8 Å². The van der Waals surface area contributed by atoms with Gasteiger partial charge in [-0.15, -0.1) is 0 Å². The third-order valence-electron chi connectivity index (χ3n) is 2.20. The summed E-state index contributed by atoms with van der Waals surface area (Å²) < 4.78 is 4.90. The summed E-state index contributed by atoms with van der Waals surface area (Å²) in [5, 5.41) is 8.38. The Labute approximate surface area is 104 Å². The van der Waals surface area contributed by atoms with Gasteiger partial charge < -0.3 is 9.84 Å². The first-order valence-electron chi connectivity index (χ1n) is 5.51. The molecule has 0 fully saturated rings. The number of hydrogen-bond donors (Lipinski definition) is 1.